The van der Waals surface area contributed by atoms with Crippen LogP contribution in [0.25, 0.3) is 0 Å². The van der Waals surface area contributed by atoms with E-state index in [0.29, 0.717) is 18.5 Å². The van der Waals surface area contributed by atoms with Crippen LogP contribution in [0.4, 0.5) is 0 Å². The lowest BCUT2D eigenvalue weighted by Crippen LogP contribution is -2.55. The van der Waals surface area contributed by atoms with E-state index in [-0.39, 0.29) is 12.1 Å². The van der Waals surface area contributed by atoms with Gasteiger partial charge in [0.15, 0.2) is 5.84 Å². The molecule has 3 unspecified atom stereocenters. The Labute approximate surface area is 90.9 Å². The first-order valence-corrected chi connectivity index (χ1v) is 5.44. The number of nitrogens with two attached hydrogens (primary N) is 1. The van der Waals surface area contributed by atoms with Crippen molar-refractivity contribution in [1.82, 2.24) is 4.90 Å². The van der Waals surface area contributed by atoms with Crippen molar-refractivity contribution in [3.63, 3.8) is 0 Å². The van der Waals surface area contributed by atoms with Gasteiger partial charge in [-0.15, -0.1) is 0 Å². The molecular weight excluding hydrogens is 194 g/mol. The molecule has 0 aromatic carbocycles. The van der Waals surface area contributed by atoms with E-state index in [9.17, 15) is 0 Å². The molecule has 1 aliphatic rings. The molecule has 3 atom stereocenters. The van der Waals surface area contributed by atoms with Crippen molar-refractivity contribution in [2.24, 2.45) is 10.9 Å². The molecule has 15 heavy (non-hydrogen) atoms. The first-order valence-electron chi connectivity index (χ1n) is 5.44. The van der Waals surface area contributed by atoms with Crippen LogP contribution in [0.3, 0.4) is 0 Å². The second-order valence-electron chi connectivity index (χ2n) is 4.14. The maximum atomic E-state index is 8.72. The second-order valence-corrected chi connectivity index (χ2v) is 4.14. The minimum atomic E-state index is 0.0105. The zero-order valence-electron chi connectivity index (χ0n) is 9.68. The van der Waals surface area contributed by atoms with Crippen LogP contribution in [-0.4, -0.2) is 47.3 Å². The predicted molar refractivity (Wildman–Crippen MR) is 59.1 cm³/mol. The van der Waals surface area contributed by atoms with E-state index in [1.807, 2.05) is 13.8 Å². The van der Waals surface area contributed by atoms with Crippen molar-refractivity contribution in [3.8, 4) is 0 Å². The van der Waals surface area contributed by atoms with Crippen LogP contribution in [0.5, 0.6) is 0 Å². The third kappa shape index (κ3) is 2.82. The largest absolute Gasteiger partial charge is 0.409 e. The minimum absolute atomic E-state index is 0.0105. The minimum Gasteiger partial charge on any atom is -0.409 e. The summed E-state index contributed by atoms with van der Waals surface area (Å²) in [6.07, 6.45) is 1.05. The topological polar surface area (TPSA) is 71.1 Å². The smallest absolute Gasteiger partial charge is 0.156 e. The molecule has 0 aliphatic carbocycles. The van der Waals surface area contributed by atoms with Gasteiger partial charge in [0.1, 0.15) is 0 Å². The van der Waals surface area contributed by atoms with Crippen LogP contribution in [-0.2, 0) is 4.74 Å². The Balaban J connectivity index is 2.73. The van der Waals surface area contributed by atoms with E-state index in [0.717, 1.165) is 13.0 Å². The third-order valence-electron chi connectivity index (χ3n) is 2.90. The third-order valence-corrected chi connectivity index (χ3v) is 2.90. The Morgan fingerprint density at radius 3 is 2.87 bits per heavy atom. The number of hydrogen-bond acceptors (Lipinski definition) is 4. The molecule has 0 aromatic rings. The molecule has 0 amide bonds. The molecule has 1 saturated heterocycles. The fourth-order valence-corrected chi connectivity index (χ4v) is 2.04. The van der Waals surface area contributed by atoms with E-state index < -0.39 is 0 Å². The first kappa shape index (κ1) is 12.3. The Morgan fingerprint density at radius 2 is 2.33 bits per heavy atom. The molecule has 1 rings (SSSR count). The SMILES string of the molecule is CCC(C(N)=NO)N1CC(C)OCC1C. The Bertz CT molecular complexity index is 233. The molecule has 1 aliphatic heterocycles. The van der Waals surface area contributed by atoms with Crippen LogP contribution < -0.4 is 5.73 Å². The summed E-state index contributed by atoms with van der Waals surface area (Å²) in [6.45, 7) is 7.71. The summed E-state index contributed by atoms with van der Waals surface area (Å²) in [6, 6.07) is 0.322. The second kappa shape index (κ2) is 5.32. The first-order chi connectivity index (χ1) is 7.10. The van der Waals surface area contributed by atoms with Crippen molar-refractivity contribution in [2.75, 3.05) is 13.2 Å². The van der Waals surface area contributed by atoms with Gasteiger partial charge in [-0.05, 0) is 20.3 Å². The van der Waals surface area contributed by atoms with Crippen LogP contribution in [0.1, 0.15) is 27.2 Å². The summed E-state index contributed by atoms with van der Waals surface area (Å²) in [5.41, 5.74) is 5.68. The van der Waals surface area contributed by atoms with E-state index in [2.05, 4.69) is 17.0 Å². The van der Waals surface area contributed by atoms with Gasteiger partial charge in [-0.2, -0.15) is 0 Å². The summed E-state index contributed by atoms with van der Waals surface area (Å²) in [5, 5.41) is 11.8. The van der Waals surface area contributed by atoms with Gasteiger partial charge in [-0.3, -0.25) is 4.90 Å². The van der Waals surface area contributed by atoms with E-state index in [1.165, 1.54) is 0 Å². The summed E-state index contributed by atoms with van der Waals surface area (Å²) in [4.78, 5) is 2.24. The van der Waals surface area contributed by atoms with Crippen molar-refractivity contribution < 1.29 is 9.94 Å². The zero-order valence-corrected chi connectivity index (χ0v) is 9.68. The van der Waals surface area contributed by atoms with Gasteiger partial charge >= 0.3 is 0 Å². The molecule has 1 heterocycles. The van der Waals surface area contributed by atoms with Crippen molar-refractivity contribution in [3.05, 3.63) is 0 Å². The zero-order chi connectivity index (χ0) is 11.4. The molecule has 3 N–H and O–H groups in total. The average molecular weight is 215 g/mol. The molecule has 0 aromatic heterocycles. The molecule has 5 heteroatoms. The summed E-state index contributed by atoms with van der Waals surface area (Å²) in [5.74, 6) is 0.290. The Hall–Kier alpha value is -0.810. The van der Waals surface area contributed by atoms with Gasteiger partial charge in [0.25, 0.3) is 0 Å². The van der Waals surface area contributed by atoms with Crippen molar-refractivity contribution in [2.45, 2.75) is 45.4 Å². The summed E-state index contributed by atoms with van der Waals surface area (Å²) in [7, 11) is 0. The lowest BCUT2D eigenvalue weighted by Gasteiger charge is -2.41. The molecular formula is C10H21N3O2. The van der Waals surface area contributed by atoms with E-state index in [1.54, 1.807) is 0 Å². The highest BCUT2D eigenvalue weighted by atomic mass is 16.5. The predicted octanol–water partition coefficient (Wildman–Crippen LogP) is 0.621. The van der Waals surface area contributed by atoms with Gasteiger partial charge in [-0.25, -0.2) is 0 Å². The number of oxime groups is 1. The lowest BCUT2D eigenvalue weighted by atomic mass is 10.1. The molecule has 88 valence electrons. The molecule has 0 radical (unpaired) electrons. The standard InChI is InChI=1S/C10H21N3O2/c1-4-9(10(11)12-14)13-5-8(3)15-6-7(13)2/h7-9,14H,4-6H2,1-3H3,(H2,11,12). The molecule has 5 nitrogen and oxygen atoms in total. The number of ether oxygens (including phenoxy) is 1. The van der Waals surface area contributed by atoms with E-state index in [4.69, 9.17) is 15.7 Å². The Kier molecular flexibility index (Phi) is 4.35. The number of nitrogens with zero attached hydrogens (tertiary/aromatic N) is 2. The molecule has 1 fully saturated rings. The van der Waals surface area contributed by atoms with Crippen LogP contribution in [0.15, 0.2) is 5.16 Å². The number of hydrogen-bond donors (Lipinski definition) is 2. The van der Waals surface area contributed by atoms with Gasteiger partial charge in [0.2, 0.25) is 0 Å². The number of amidine groups is 1. The van der Waals surface area contributed by atoms with Crippen molar-refractivity contribution >= 4 is 5.84 Å². The summed E-state index contributed by atoms with van der Waals surface area (Å²) >= 11 is 0. The fraction of sp³-hybridized carbons (Fsp3) is 0.900. The van der Waals surface area contributed by atoms with Gasteiger partial charge < -0.3 is 15.7 Å². The highest BCUT2D eigenvalue weighted by molar-refractivity contribution is 5.85. The normalized spacial score (nSPS) is 31.5. The monoisotopic (exact) mass is 215 g/mol. The fourth-order valence-electron chi connectivity index (χ4n) is 2.04. The maximum absolute atomic E-state index is 8.72. The van der Waals surface area contributed by atoms with E-state index >= 15 is 0 Å². The quantitative estimate of drug-likeness (QED) is 0.313. The van der Waals surface area contributed by atoms with Crippen molar-refractivity contribution in [1.29, 1.82) is 0 Å². The van der Waals surface area contributed by atoms with Gasteiger partial charge in [0.05, 0.1) is 18.8 Å². The van der Waals surface area contributed by atoms with Gasteiger partial charge in [-0.1, -0.05) is 12.1 Å². The van der Waals surface area contributed by atoms with Gasteiger partial charge in [0, 0.05) is 12.6 Å². The maximum Gasteiger partial charge on any atom is 0.156 e. The van der Waals surface area contributed by atoms with Crippen LogP contribution in [0, 0.1) is 0 Å². The molecule has 0 saturated carbocycles. The lowest BCUT2D eigenvalue weighted by molar-refractivity contribution is -0.0573. The molecule has 0 spiro atoms. The Morgan fingerprint density at radius 1 is 1.67 bits per heavy atom. The highest BCUT2D eigenvalue weighted by Crippen LogP contribution is 2.16. The van der Waals surface area contributed by atoms with Crippen LogP contribution in [0.2, 0.25) is 0 Å². The molecule has 0 bridgehead atoms. The highest BCUT2D eigenvalue weighted by Gasteiger charge is 2.30. The average Bonchev–Trinajstić information content (AvgIpc) is 2.23. The number of morpholine rings is 1. The summed E-state index contributed by atoms with van der Waals surface area (Å²) < 4.78 is 5.54. The number of rotatable bonds is 3. The van der Waals surface area contributed by atoms with Crippen LogP contribution >= 0.6 is 0 Å².